The molecule has 0 amide bonds. The first-order chi connectivity index (χ1) is 13.5. The molecule has 0 radical (unpaired) electrons. The third kappa shape index (κ3) is 3.31. The molecule has 0 saturated heterocycles. The fraction of sp³-hybridized carbons (Fsp3) is 0.278. The van der Waals surface area contributed by atoms with E-state index in [0.717, 1.165) is 17.0 Å². The Balaban J connectivity index is 1.60. The number of anilines is 2. The minimum absolute atomic E-state index is 0.375. The zero-order valence-corrected chi connectivity index (χ0v) is 16.1. The lowest BCUT2D eigenvalue weighted by Gasteiger charge is -2.22. The van der Waals surface area contributed by atoms with E-state index in [0.29, 0.717) is 29.5 Å². The second kappa shape index (κ2) is 7.14. The molecular formula is C18H20N8O2. The van der Waals surface area contributed by atoms with Crippen molar-refractivity contribution in [3.05, 3.63) is 42.2 Å². The predicted molar refractivity (Wildman–Crippen MR) is 104 cm³/mol. The van der Waals surface area contributed by atoms with Gasteiger partial charge in [-0.3, -0.25) is 0 Å². The lowest BCUT2D eigenvalue weighted by atomic mass is 10.3. The van der Waals surface area contributed by atoms with Crippen LogP contribution in [0.25, 0.3) is 17.0 Å². The molecule has 10 heteroatoms. The summed E-state index contributed by atoms with van der Waals surface area (Å²) in [4.78, 5) is 12.9. The average Bonchev–Trinajstić information content (AvgIpc) is 3.35. The monoisotopic (exact) mass is 380 g/mol. The summed E-state index contributed by atoms with van der Waals surface area (Å²) >= 11 is 0. The van der Waals surface area contributed by atoms with Crippen LogP contribution in [0.3, 0.4) is 0 Å². The molecule has 0 bridgehead atoms. The minimum atomic E-state index is 0.375. The van der Waals surface area contributed by atoms with E-state index < -0.39 is 0 Å². The second-order valence-corrected chi connectivity index (χ2v) is 6.53. The Labute approximate surface area is 161 Å². The maximum Gasteiger partial charge on any atom is 0.245 e. The summed E-state index contributed by atoms with van der Waals surface area (Å²) in [5.74, 6) is 2.15. The van der Waals surface area contributed by atoms with Gasteiger partial charge in [-0.1, -0.05) is 6.07 Å². The van der Waals surface area contributed by atoms with E-state index in [2.05, 4.69) is 25.4 Å². The van der Waals surface area contributed by atoms with Gasteiger partial charge in [-0.15, -0.1) is 0 Å². The first-order valence-electron chi connectivity index (χ1n) is 8.62. The lowest BCUT2D eigenvalue weighted by molar-refractivity contribution is 0.314. The summed E-state index contributed by atoms with van der Waals surface area (Å²) in [6.07, 6.45) is 3.80. The number of rotatable bonds is 6. The maximum atomic E-state index is 5.28. The molecule has 3 aromatic heterocycles. The van der Waals surface area contributed by atoms with Crippen LogP contribution in [-0.4, -0.2) is 58.3 Å². The smallest absolute Gasteiger partial charge is 0.245 e. The number of methoxy groups -OCH3 is 1. The molecule has 4 rings (SSSR count). The number of fused-ring (bicyclic) bond motifs is 1. The summed E-state index contributed by atoms with van der Waals surface area (Å²) in [5.41, 5.74) is 2.71. The molecule has 28 heavy (non-hydrogen) atoms. The number of benzene rings is 1. The van der Waals surface area contributed by atoms with Gasteiger partial charge in [0.1, 0.15) is 5.75 Å². The van der Waals surface area contributed by atoms with Crippen molar-refractivity contribution in [3.63, 3.8) is 0 Å². The molecule has 0 unspecified atom stereocenters. The van der Waals surface area contributed by atoms with Gasteiger partial charge >= 0.3 is 0 Å². The zero-order valence-electron chi connectivity index (χ0n) is 16.1. The Morgan fingerprint density at radius 1 is 1.07 bits per heavy atom. The van der Waals surface area contributed by atoms with Crippen LogP contribution in [0.5, 0.6) is 5.75 Å². The van der Waals surface area contributed by atoms with E-state index in [1.54, 1.807) is 7.11 Å². The van der Waals surface area contributed by atoms with E-state index in [1.165, 1.54) is 0 Å². The molecule has 0 saturated carbocycles. The summed E-state index contributed by atoms with van der Waals surface area (Å²) < 4.78 is 11.8. The molecule has 0 atom stereocenters. The molecule has 3 heterocycles. The van der Waals surface area contributed by atoms with Gasteiger partial charge in [-0.2, -0.15) is 5.10 Å². The molecule has 0 aliphatic heterocycles. The Kier molecular flexibility index (Phi) is 4.52. The van der Waals surface area contributed by atoms with Crippen molar-refractivity contribution in [2.75, 3.05) is 38.1 Å². The van der Waals surface area contributed by atoms with Crippen LogP contribution >= 0.6 is 0 Å². The van der Waals surface area contributed by atoms with Gasteiger partial charge in [-0.05, 0) is 22.4 Å². The SMILES string of the molecule is COc1cccc(-n2cc(CN(C)c3nc4nonc4nc3N(C)C)cn2)c1. The van der Waals surface area contributed by atoms with Gasteiger partial charge in [0.15, 0.2) is 11.6 Å². The second-order valence-electron chi connectivity index (χ2n) is 6.53. The summed E-state index contributed by atoms with van der Waals surface area (Å²) in [6, 6.07) is 7.74. The largest absolute Gasteiger partial charge is 0.497 e. The summed E-state index contributed by atoms with van der Waals surface area (Å²) in [5, 5.41) is 12.0. The number of aromatic nitrogens is 6. The lowest BCUT2D eigenvalue weighted by Crippen LogP contribution is -2.23. The van der Waals surface area contributed by atoms with Gasteiger partial charge in [0.25, 0.3) is 0 Å². The third-order valence-corrected chi connectivity index (χ3v) is 4.24. The summed E-state index contributed by atoms with van der Waals surface area (Å²) in [7, 11) is 7.40. The molecule has 4 aromatic rings. The molecule has 10 nitrogen and oxygen atoms in total. The minimum Gasteiger partial charge on any atom is -0.497 e. The Morgan fingerprint density at radius 2 is 1.82 bits per heavy atom. The average molecular weight is 380 g/mol. The quantitative estimate of drug-likeness (QED) is 0.497. The fourth-order valence-electron chi connectivity index (χ4n) is 2.86. The van der Waals surface area contributed by atoms with Crippen LogP contribution in [0.4, 0.5) is 11.6 Å². The molecule has 1 aromatic carbocycles. The highest BCUT2D eigenvalue weighted by Gasteiger charge is 2.18. The highest BCUT2D eigenvalue weighted by molar-refractivity contribution is 5.74. The van der Waals surface area contributed by atoms with Crippen LogP contribution in [-0.2, 0) is 6.54 Å². The Morgan fingerprint density at radius 3 is 2.54 bits per heavy atom. The van der Waals surface area contributed by atoms with Crippen molar-refractivity contribution in [1.29, 1.82) is 0 Å². The van der Waals surface area contributed by atoms with Crippen molar-refractivity contribution in [2.45, 2.75) is 6.54 Å². The first kappa shape index (κ1) is 17.7. The van der Waals surface area contributed by atoms with E-state index in [-0.39, 0.29) is 0 Å². The van der Waals surface area contributed by atoms with Crippen LogP contribution in [0.1, 0.15) is 5.56 Å². The van der Waals surface area contributed by atoms with E-state index >= 15 is 0 Å². The van der Waals surface area contributed by atoms with Crippen molar-refractivity contribution < 1.29 is 9.37 Å². The normalized spacial score (nSPS) is 11.0. The van der Waals surface area contributed by atoms with Crippen molar-refractivity contribution in [3.8, 4) is 11.4 Å². The maximum absolute atomic E-state index is 5.28. The summed E-state index contributed by atoms with van der Waals surface area (Å²) in [6.45, 7) is 0.594. The van der Waals surface area contributed by atoms with Gasteiger partial charge in [-0.25, -0.2) is 19.3 Å². The van der Waals surface area contributed by atoms with E-state index in [4.69, 9.17) is 9.37 Å². The molecule has 0 fully saturated rings. The highest BCUT2D eigenvalue weighted by Crippen LogP contribution is 2.26. The van der Waals surface area contributed by atoms with Crippen LogP contribution in [0.15, 0.2) is 41.3 Å². The Hall–Kier alpha value is -3.69. The van der Waals surface area contributed by atoms with Crippen molar-refractivity contribution in [1.82, 2.24) is 30.1 Å². The van der Waals surface area contributed by atoms with Crippen molar-refractivity contribution >= 4 is 22.9 Å². The standard InChI is InChI=1S/C18H20N8O2/c1-24(2)17-18(21-16-15(20-17)22-28-23-16)25(3)10-12-9-19-26(11-12)13-6-5-7-14(8-13)27-4/h5-9,11H,10H2,1-4H3. The van der Waals surface area contributed by atoms with E-state index in [9.17, 15) is 0 Å². The zero-order chi connectivity index (χ0) is 19.7. The van der Waals surface area contributed by atoms with Gasteiger partial charge in [0.05, 0.1) is 19.0 Å². The van der Waals surface area contributed by atoms with Crippen molar-refractivity contribution in [2.24, 2.45) is 0 Å². The molecular weight excluding hydrogens is 360 g/mol. The molecule has 144 valence electrons. The van der Waals surface area contributed by atoms with Crippen LogP contribution in [0, 0.1) is 0 Å². The van der Waals surface area contributed by atoms with E-state index in [1.807, 2.05) is 72.3 Å². The molecule has 0 aliphatic carbocycles. The third-order valence-electron chi connectivity index (χ3n) is 4.24. The molecule has 0 aliphatic rings. The number of hydrogen-bond acceptors (Lipinski definition) is 9. The number of nitrogens with zero attached hydrogens (tertiary/aromatic N) is 8. The number of hydrogen-bond donors (Lipinski definition) is 0. The van der Waals surface area contributed by atoms with Gasteiger partial charge in [0.2, 0.25) is 11.3 Å². The Bertz CT molecular complexity index is 1100. The van der Waals surface area contributed by atoms with Gasteiger partial charge < -0.3 is 14.5 Å². The highest BCUT2D eigenvalue weighted by atomic mass is 16.6. The predicted octanol–water partition coefficient (Wildman–Crippen LogP) is 1.91. The first-order valence-corrected chi connectivity index (χ1v) is 8.62. The van der Waals surface area contributed by atoms with Crippen LogP contribution < -0.4 is 14.5 Å². The number of ether oxygens (including phenoxy) is 1. The van der Waals surface area contributed by atoms with Crippen LogP contribution in [0.2, 0.25) is 0 Å². The topological polar surface area (TPSA) is 98.2 Å². The molecule has 0 spiro atoms. The van der Waals surface area contributed by atoms with Gasteiger partial charge in [0, 0.05) is 45.5 Å². The fourth-order valence-corrected chi connectivity index (χ4v) is 2.86. The molecule has 0 N–H and O–H groups in total.